The maximum Gasteiger partial charge on any atom is 0.238 e. The maximum atomic E-state index is 4.95. The normalized spacial score (nSPS) is 11.5. The molecular formula is C28H18N6. The number of benzene rings is 3. The first-order chi connectivity index (χ1) is 16.9. The van der Waals surface area contributed by atoms with Gasteiger partial charge < -0.3 is 4.40 Å². The van der Waals surface area contributed by atoms with Crippen LogP contribution in [0.15, 0.2) is 110 Å². The van der Waals surface area contributed by atoms with Gasteiger partial charge in [0.1, 0.15) is 5.65 Å². The number of imidazole rings is 1. The van der Waals surface area contributed by atoms with Gasteiger partial charge in [-0.2, -0.15) is 9.97 Å². The van der Waals surface area contributed by atoms with Crippen LogP contribution in [0.3, 0.4) is 0 Å². The summed E-state index contributed by atoms with van der Waals surface area (Å²) in [6.07, 6.45) is 5.81. The minimum absolute atomic E-state index is 0.579. The number of rotatable bonds is 3. The fraction of sp³-hybridized carbons (Fsp3) is 0. The Labute approximate surface area is 194 Å². The molecule has 0 atom stereocenters. The van der Waals surface area contributed by atoms with Gasteiger partial charge in [-0.3, -0.25) is 4.57 Å². The van der Waals surface area contributed by atoms with Crippen LogP contribution >= 0.6 is 0 Å². The molecule has 3 aromatic carbocycles. The number of hydrogen-bond acceptors (Lipinski definition) is 4. The smallest absolute Gasteiger partial charge is 0.238 e. The van der Waals surface area contributed by atoms with Crippen molar-refractivity contribution in [3.05, 3.63) is 110 Å². The van der Waals surface area contributed by atoms with Crippen molar-refractivity contribution in [1.29, 1.82) is 0 Å². The molecule has 0 aliphatic heterocycles. The van der Waals surface area contributed by atoms with Gasteiger partial charge in [-0.25, -0.2) is 9.97 Å². The van der Waals surface area contributed by atoms with Gasteiger partial charge in [0.25, 0.3) is 0 Å². The van der Waals surface area contributed by atoms with E-state index in [0.29, 0.717) is 17.6 Å². The van der Waals surface area contributed by atoms with E-state index in [9.17, 15) is 0 Å². The summed E-state index contributed by atoms with van der Waals surface area (Å²) in [6, 6.07) is 30.5. The molecule has 0 saturated carbocycles. The van der Waals surface area contributed by atoms with Crippen molar-refractivity contribution in [2.45, 2.75) is 0 Å². The van der Waals surface area contributed by atoms with Crippen LogP contribution in [0.2, 0.25) is 0 Å². The van der Waals surface area contributed by atoms with Crippen molar-refractivity contribution < 1.29 is 0 Å². The number of aromatic nitrogens is 6. The summed E-state index contributed by atoms with van der Waals surface area (Å²) in [5.41, 5.74) is 4.83. The monoisotopic (exact) mass is 438 g/mol. The Morgan fingerprint density at radius 3 is 1.91 bits per heavy atom. The molecule has 0 N–H and O–H groups in total. The van der Waals surface area contributed by atoms with Gasteiger partial charge in [-0.15, -0.1) is 0 Å². The fourth-order valence-electron chi connectivity index (χ4n) is 4.54. The Morgan fingerprint density at radius 2 is 1.21 bits per heavy atom. The third kappa shape index (κ3) is 2.82. The summed E-state index contributed by atoms with van der Waals surface area (Å²) < 4.78 is 4.15. The molecule has 0 spiro atoms. The van der Waals surface area contributed by atoms with Crippen LogP contribution in [0.4, 0.5) is 0 Å². The van der Waals surface area contributed by atoms with Gasteiger partial charge >= 0.3 is 0 Å². The zero-order chi connectivity index (χ0) is 22.5. The van der Waals surface area contributed by atoms with Gasteiger partial charge in [0.05, 0.1) is 16.4 Å². The van der Waals surface area contributed by atoms with E-state index in [0.717, 1.165) is 38.6 Å². The molecule has 6 nitrogen and oxygen atoms in total. The SMILES string of the molecule is c1ccc(-c2nc(-c3ccccc3)nc(-n3c4ccccc4c4c3ccn3ccnc43)n2)cc1. The highest BCUT2D eigenvalue weighted by Gasteiger charge is 2.19. The number of para-hydroxylation sites is 1. The van der Waals surface area contributed by atoms with Crippen LogP contribution in [0.1, 0.15) is 0 Å². The van der Waals surface area contributed by atoms with Crippen molar-refractivity contribution in [2.75, 3.05) is 0 Å². The van der Waals surface area contributed by atoms with E-state index in [1.807, 2.05) is 89.7 Å². The average molecular weight is 438 g/mol. The summed E-state index contributed by atoms with van der Waals surface area (Å²) in [7, 11) is 0. The molecular weight excluding hydrogens is 420 g/mol. The number of hydrogen-bond donors (Lipinski definition) is 0. The lowest BCUT2D eigenvalue weighted by Crippen LogP contribution is -2.06. The summed E-state index contributed by atoms with van der Waals surface area (Å²) in [4.78, 5) is 19.4. The van der Waals surface area contributed by atoms with E-state index in [-0.39, 0.29) is 0 Å². The van der Waals surface area contributed by atoms with Crippen molar-refractivity contribution in [3.63, 3.8) is 0 Å². The van der Waals surface area contributed by atoms with Crippen LogP contribution in [0, 0.1) is 0 Å². The first-order valence-corrected chi connectivity index (χ1v) is 11.1. The van der Waals surface area contributed by atoms with E-state index in [4.69, 9.17) is 15.0 Å². The van der Waals surface area contributed by atoms with Crippen LogP contribution < -0.4 is 0 Å². The Balaban J connectivity index is 1.59. The van der Waals surface area contributed by atoms with E-state index in [2.05, 4.69) is 33.8 Å². The highest BCUT2D eigenvalue weighted by Crippen LogP contribution is 2.34. The minimum atomic E-state index is 0.579. The summed E-state index contributed by atoms with van der Waals surface area (Å²) in [5, 5.41) is 2.18. The second-order valence-electron chi connectivity index (χ2n) is 8.10. The van der Waals surface area contributed by atoms with Crippen molar-refractivity contribution in [1.82, 2.24) is 28.9 Å². The third-order valence-electron chi connectivity index (χ3n) is 6.08. The predicted molar refractivity (Wildman–Crippen MR) is 134 cm³/mol. The Morgan fingerprint density at radius 1 is 0.559 bits per heavy atom. The molecule has 4 aromatic heterocycles. The zero-order valence-electron chi connectivity index (χ0n) is 18.1. The molecule has 0 bridgehead atoms. The van der Waals surface area contributed by atoms with E-state index in [1.165, 1.54) is 0 Å². The molecule has 0 radical (unpaired) electrons. The standard InChI is InChI=1S/C28H18N6/c1-3-9-19(10-4-1)25-30-26(20-11-5-2-6-12-20)32-28(31-25)34-22-14-8-7-13-21(22)24-23(34)15-17-33-18-16-29-27(24)33/h1-18H. The second kappa shape index (κ2) is 7.35. The lowest BCUT2D eigenvalue weighted by Gasteiger charge is -2.10. The number of pyridine rings is 1. The van der Waals surface area contributed by atoms with Gasteiger partial charge in [0.15, 0.2) is 11.6 Å². The minimum Gasteiger partial charge on any atom is -0.306 e. The molecule has 0 aliphatic carbocycles. The van der Waals surface area contributed by atoms with Crippen LogP contribution in [-0.2, 0) is 0 Å². The van der Waals surface area contributed by atoms with Gasteiger partial charge in [0, 0.05) is 35.1 Å². The average Bonchev–Trinajstić information content (AvgIpc) is 3.52. The third-order valence-corrected chi connectivity index (χ3v) is 6.08. The molecule has 34 heavy (non-hydrogen) atoms. The van der Waals surface area contributed by atoms with Crippen LogP contribution in [-0.4, -0.2) is 28.9 Å². The van der Waals surface area contributed by atoms with E-state index < -0.39 is 0 Å². The summed E-state index contributed by atoms with van der Waals surface area (Å²) in [5.74, 6) is 1.85. The van der Waals surface area contributed by atoms with Gasteiger partial charge in [0.2, 0.25) is 5.95 Å². The van der Waals surface area contributed by atoms with E-state index >= 15 is 0 Å². The lowest BCUT2D eigenvalue weighted by molar-refractivity contribution is 0.952. The van der Waals surface area contributed by atoms with Crippen molar-refractivity contribution in [2.24, 2.45) is 0 Å². The second-order valence-corrected chi connectivity index (χ2v) is 8.10. The van der Waals surface area contributed by atoms with Gasteiger partial charge in [-0.05, 0) is 12.1 Å². The molecule has 7 rings (SSSR count). The van der Waals surface area contributed by atoms with Crippen molar-refractivity contribution in [3.8, 4) is 28.7 Å². The molecule has 7 aromatic rings. The molecule has 0 amide bonds. The highest BCUT2D eigenvalue weighted by molar-refractivity contribution is 6.15. The van der Waals surface area contributed by atoms with Crippen LogP contribution in [0.5, 0.6) is 0 Å². The van der Waals surface area contributed by atoms with E-state index in [1.54, 1.807) is 0 Å². The van der Waals surface area contributed by atoms with Gasteiger partial charge in [-0.1, -0.05) is 78.9 Å². The zero-order valence-corrected chi connectivity index (χ0v) is 18.1. The number of nitrogens with zero attached hydrogens (tertiary/aromatic N) is 6. The fourth-order valence-corrected chi connectivity index (χ4v) is 4.54. The topological polar surface area (TPSA) is 60.9 Å². The molecule has 0 saturated heterocycles. The first-order valence-electron chi connectivity index (χ1n) is 11.1. The molecule has 4 heterocycles. The predicted octanol–water partition coefficient (Wildman–Crippen LogP) is 5.95. The quantitative estimate of drug-likeness (QED) is 0.342. The molecule has 0 aliphatic rings. The Kier molecular flexibility index (Phi) is 4.04. The highest BCUT2D eigenvalue weighted by atomic mass is 15.2. The Bertz CT molecular complexity index is 1740. The molecule has 6 heteroatoms. The lowest BCUT2D eigenvalue weighted by atomic mass is 10.2. The summed E-state index contributed by atoms with van der Waals surface area (Å²) >= 11 is 0. The molecule has 160 valence electrons. The summed E-state index contributed by atoms with van der Waals surface area (Å²) in [6.45, 7) is 0. The first kappa shape index (κ1) is 18.7. The van der Waals surface area contributed by atoms with Crippen LogP contribution in [0.25, 0.3) is 56.2 Å². The number of fused-ring (bicyclic) bond motifs is 5. The molecule has 0 unspecified atom stereocenters. The molecule has 0 fully saturated rings. The largest absolute Gasteiger partial charge is 0.306 e. The Hall–Kier alpha value is -4.84. The van der Waals surface area contributed by atoms with Crippen molar-refractivity contribution >= 4 is 27.5 Å². The maximum absolute atomic E-state index is 4.95.